The Morgan fingerprint density at radius 2 is 1.93 bits per heavy atom. The van der Waals surface area contributed by atoms with Crippen LogP contribution >= 0.6 is 12.2 Å². The van der Waals surface area contributed by atoms with E-state index in [1.807, 2.05) is 11.8 Å². The van der Waals surface area contributed by atoms with Gasteiger partial charge in [0.05, 0.1) is 6.61 Å². The molecule has 1 saturated heterocycles. The molecule has 0 bridgehead atoms. The molecule has 0 saturated carbocycles. The topological polar surface area (TPSA) is 101 Å². The van der Waals surface area contributed by atoms with Crippen LogP contribution < -0.4 is 5.32 Å². The number of esters is 1. The Morgan fingerprint density at radius 1 is 1.21 bits per heavy atom. The van der Waals surface area contributed by atoms with Crippen molar-refractivity contribution in [1.82, 2.24) is 14.5 Å². The quantitative estimate of drug-likeness (QED) is 0.348. The van der Waals surface area contributed by atoms with E-state index >= 15 is 0 Å². The first kappa shape index (κ1) is 22.6. The smallest absolute Gasteiger partial charge is 0.374 e. The third kappa shape index (κ3) is 5.90. The van der Waals surface area contributed by atoms with E-state index in [-0.39, 0.29) is 30.5 Å². The van der Waals surface area contributed by atoms with Crippen LogP contribution in [0.1, 0.15) is 30.8 Å². The summed E-state index contributed by atoms with van der Waals surface area (Å²) in [6.45, 7) is 7.37. The van der Waals surface area contributed by atoms with Crippen LogP contribution in [0.5, 0.6) is 0 Å². The van der Waals surface area contributed by atoms with Crippen LogP contribution in [-0.2, 0) is 19.5 Å². The zero-order valence-electron chi connectivity index (χ0n) is 16.2. The van der Waals surface area contributed by atoms with E-state index < -0.39 is 16.0 Å². The van der Waals surface area contributed by atoms with Crippen molar-refractivity contribution in [1.29, 1.82) is 0 Å². The number of rotatable bonds is 9. The van der Waals surface area contributed by atoms with Crippen LogP contribution in [-0.4, -0.2) is 81.2 Å². The molecule has 0 aliphatic carbocycles. The van der Waals surface area contributed by atoms with Gasteiger partial charge in [-0.15, -0.1) is 0 Å². The van der Waals surface area contributed by atoms with Crippen molar-refractivity contribution in [2.24, 2.45) is 0 Å². The molecule has 0 radical (unpaired) electrons. The van der Waals surface area contributed by atoms with Crippen LogP contribution in [0.3, 0.4) is 0 Å². The predicted molar refractivity (Wildman–Crippen MR) is 107 cm³/mol. The fourth-order valence-corrected chi connectivity index (χ4v) is 4.27. The lowest BCUT2D eigenvalue weighted by atomic mass is 10.4. The molecule has 1 aromatic rings. The van der Waals surface area contributed by atoms with Crippen molar-refractivity contribution in [3.63, 3.8) is 0 Å². The fourth-order valence-electron chi connectivity index (χ4n) is 2.66. The van der Waals surface area contributed by atoms with E-state index in [0.717, 1.165) is 6.42 Å². The van der Waals surface area contributed by atoms with Gasteiger partial charge in [0, 0.05) is 45.9 Å². The summed E-state index contributed by atoms with van der Waals surface area (Å²) in [6.07, 6.45) is 0.851. The zero-order valence-corrected chi connectivity index (χ0v) is 17.8. The van der Waals surface area contributed by atoms with Gasteiger partial charge in [0.2, 0.25) is 10.9 Å². The average molecular weight is 434 g/mol. The van der Waals surface area contributed by atoms with Gasteiger partial charge in [0.25, 0.3) is 10.0 Å². The number of carbonyl (C=O) groups is 1. The minimum Gasteiger partial charge on any atom is -0.460 e. The number of ether oxygens (including phenoxy) is 2. The molecule has 0 atom stereocenters. The van der Waals surface area contributed by atoms with E-state index in [9.17, 15) is 13.2 Å². The number of nitrogens with zero attached hydrogens (tertiary/aromatic N) is 2. The number of carbonyl (C=O) groups excluding carboxylic acids is 1. The monoisotopic (exact) mass is 433 g/mol. The highest BCUT2D eigenvalue weighted by Gasteiger charge is 2.32. The number of piperazine rings is 1. The minimum atomic E-state index is -3.81. The van der Waals surface area contributed by atoms with Gasteiger partial charge < -0.3 is 24.1 Å². The molecule has 0 amide bonds. The van der Waals surface area contributed by atoms with Gasteiger partial charge in [0.1, 0.15) is 0 Å². The second kappa shape index (κ2) is 10.7. The van der Waals surface area contributed by atoms with Gasteiger partial charge in [-0.1, -0.05) is 0 Å². The first-order valence-corrected chi connectivity index (χ1v) is 11.1. The second-order valence-corrected chi connectivity index (χ2v) is 8.27. The van der Waals surface area contributed by atoms with Gasteiger partial charge in [-0.3, -0.25) is 0 Å². The molecule has 0 spiro atoms. The minimum absolute atomic E-state index is 0.128. The highest BCUT2D eigenvalue weighted by atomic mass is 32.2. The Hall–Kier alpha value is -1.69. The maximum atomic E-state index is 12.7. The Kier molecular flexibility index (Phi) is 8.67. The normalized spacial score (nSPS) is 15.4. The van der Waals surface area contributed by atoms with Crippen molar-refractivity contribution in [2.75, 3.05) is 52.5 Å². The van der Waals surface area contributed by atoms with Crippen LogP contribution in [0.4, 0.5) is 0 Å². The number of nitrogens with one attached hydrogen (secondary N) is 1. The highest BCUT2D eigenvalue weighted by molar-refractivity contribution is 7.89. The number of sulfonamides is 1. The molecule has 1 aliphatic rings. The third-order valence-electron chi connectivity index (χ3n) is 4.12. The van der Waals surface area contributed by atoms with E-state index in [0.29, 0.717) is 38.0 Å². The molecule has 0 aromatic carbocycles. The molecule has 1 fully saturated rings. The van der Waals surface area contributed by atoms with Gasteiger partial charge >= 0.3 is 5.97 Å². The third-order valence-corrected chi connectivity index (χ3v) is 6.30. The molecule has 1 N–H and O–H groups in total. The van der Waals surface area contributed by atoms with Crippen LogP contribution in [0.25, 0.3) is 0 Å². The van der Waals surface area contributed by atoms with Crippen LogP contribution in [0.15, 0.2) is 21.6 Å². The van der Waals surface area contributed by atoms with E-state index in [1.54, 1.807) is 6.92 Å². The summed E-state index contributed by atoms with van der Waals surface area (Å²) in [5.74, 6) is -0.814. The Balaban J connectivity index is 1.86. The predicted octanol–water partition coefficient (Wildman–Crippen LogP) is 1.06. The van der Waals surface area contributed by atoms with Crippen LogP contribution in [0.2, 0.25) is 0 Å². The Bertz CT molecular complexity index is 757. The number of hydrogen-bond donors (Lipinski definition) is 1. The number of furan rings is 1. The van der Waals surface area contributed by atoms with E-state index in [1.165, 1.54) is 16.4 Å². The Morgan fingerprint density at radius 3 is 2.57 bits per heavy atom. The summed E-state index contributed by atoms with van der Waals surface area (Å²) in [7, 11) is -3.81. The summed E-state index contributed by atoms with van der Waals surface area (Å²) in [5.41, 5.74) is 0. The first-order chi connectivity index (χ1) is 13.4. The molecule has 158 valence electrons. The average Bonchev–Trinajstić information content (AvgIpc) is 3.19. The molecule has 0 unspecified atom stereocenters. The zero-order chi connectivity index (χ0) is 20.6. The molecule has 1 aliphatic heterocycles. The molecular weight excluding hydrogens is 406 g/mol. The Labute approximate surface area is 171 Å². The van der Waals surface area contributed by atoms with Crippen molar-refractivity contribution >= 4 is 33.3 Å². The van der Waals surface area contributed by atoms with Gasteiger partial charge in [-0.25, -0.2) is 13.2 Å². The molecule has 1 aromatic heterocycles. The maximum Gasteiger partial charge on any atom is 0.374 e. The highest BCUT2D eigenvalue weighted by Crippen LogP contribution is 2.21. The SMILES string of the molecule is CCOCCCNC(=S)N1CCN(S(=O)(=O)c2ccc(C(=O)OCC)o2)CC1. The number of thiocarbonyl (C=S) groups is 1. The van der Waals surface area contributed by atoms with Crippen molar-refractivity contribution < 1.29 is 27.1 Å². The lowest BCUT2D eigenvalue weighted by Crippen LogP contribution is -2.53. The lowest BCUT2D eigenvalue weighted by Gasteiger charge is -2.35. The van der Waals surface area contributed by atoms with Crippen molar-refractivity contribution in [3.05, 3.63) is 17.9 Å². The summed E-state index contributed by atoms with van der Waals surface area (Å²) >= 11 is 5.37. The molecule has 11 heteroatoms. The molecule has 9 nitrogen and oxygen atoms in total. The molecular formula is C17H27N3O6S2. The van der Waals surface area contributed by atoms with Gasteiger partial charge in [-0.05, 0) is 44.6 Å². The maximum absolute atomic E-state index is 12.7. The van der Waals surface area contributed by atoms with Crippen molar-refractivity contribution in [3.8, 4) is 0 Å². The fraction of sp³-hybridized carbons (Fsp3) is 0.647. The van der Waals surface area contributed by atoms with Gasteiger partial charge in [-0.2, -0.15) is 4.31 Å². The largest absolute Gasteiger partial charge is 0.460 e. The molecule has 2 heterocycles. The summed E-state index contributed by atoms with van der Waals surface area (Å²) in [4.78, 5) is 13.6. The van der Waals surface area contributed by atoms with E-state index in [2.05, 4.69) is 5.32 Å². The first-order valence-electron chi connectivity index (χ1n) is 9.27. The van der Waals surface area contributed by atoms with Crippen molar-refractivity contribution in [2.45, 2.75) is 25.4 Å². The molecule has 2 rings (SSSR count). The lowest BCUT2D eigenvalue weighted by molar-refractivity contribution is 0.0483. The second-order valence-electron chi connectivity index (χ2n) is 6.01. The standard InChI is InChI=1S/C17H27N3O6S2/c1-3-24-13-5-8-18-17(27)19-9-11-20(12-10-19)28(22,23)15-7-6-14(26-15)16(21)25-4-2/h6-7H,3-5,8-13H2,1-2H3,(H,18,27). The summed E-state index contributed by atoms with van der Waals surface area (Å²) in [6, 6.07) is 2.58. The summed E-state index contributed by atoms with van der Waals surface area (Å²) < 4.78 is 42.1. The van der Waals surface area contributed by atoms with E-state index in [4.69, 9.17) is 26.1 Å². The van der Waals surface area contributed by atoms with Gasteiger partial charge in [0.15, 0.2) is 5.11 Å². The molecule has 28 heavy (non-hydrogen) atoms. The van der Waals surface area contributed by atoms with Crippen LogP contribution in [0, 0.1) is 0 Å². The number of hydrogen-bond acceptors (Lipinski definition) is 7. The summed E-state index contributed by atoms with van der Waals surface area (Å²) in [5, 5.41) is 3.51.